The van der Waals surface area contributed by atoms with Crippen molar-refractivity contribution in [2.75, 3.05) is 7.11 Å². The third-order valence-electron chi connectivity index (χ3n) is 2.43. The molecule has 0 amide bonds. The second kappa shape index (κ2) is 4.21. The van der Waals surface area contributed by atoms with Crippen molar-refractivity contribution >= 4 is 21.4 Å². The summed E-state index contributed by atoms with van der Waals surface area (Å²) < 4.78 is 6.54. The molecule has 0 aliphatic heterocycles. The number of ether oxygens (including phenoxy) is 1. The number of rotatable bonds is 3. The van der Waals surface area contributed by atoms with Crippen LogP contribution in [0.15, 0.2) is 23.6 Å². The Balaban J connectivity index is 2.53. The van der Waals surface area contributed by atoms with Gasteiger partial charge in [-0.2, -0.15) is 0 Å². The van der Waals surface area contributed by atoms with E-state index in [-0.39, 0.29) is 6.04 Å². The fourth-order valence-electron chi connectivity index (χ4n) is 1.78. The summed E-state index contributed by atoms with van der Waals surface area (Å²) in [6, 6.07) is 6.47. The van der Waals surface area contributed by atoms with Gasteiger partial charge in [0, 0.05) is 6.04 Å². The van der Waals surface area contributed by atoms with Crippen molar-refractivity contribution in [3.05, 3.63) is 29.1 Å². The van der Waals surface area contributed by atoms with Crippen LogP contribution >= 0.6 is 11.3 Å². The summed E-state index contributed by atoms with van der Waals surface area (Å²) in [6.45, 7) is 2.03. The van der Waals surface area contributed by atoms with Gasteiger partial charge in [0.15, 0.2) is 0 Å². The summed E-state index contributed by atoms with van der Waals surface area (Å²) in [5.74, 6) is 0.952. The van der Waals surface area contributed by atoms with E-state index in [1.54, 1.807) is 18.4 Å². The highest BCUT2D eigenvalue weighted by molar-refractivity contribution is 7.17. The minimum Gasteiger partial charge on any atom is -0.495 e. The van der Waals surface area contributed by atoms with Crippen molar-refractivity contribution in [2.24, 2.45) is 5.73 Å². The molecule has 0 fully saturated rings. The Morgan fingerprint density at radius 1 is 1.40 bits per heavy atom. The van der Waals surface area contributed by atoms with Gasteiger partial charge in [-0.3, -0.25) is 0 Å². The highest BCUT2D eigenvalue weighted by Gasteiger charge is 2.08. The zero-order valence-corrected chi connectivity index (χ0v) is 9.80. The van der Waals surface area contributed by atoms with Gasteiger partial charge in [-0.05, 0) is 41.8 Å². The number of hydrogen-bond acceptors (Lipinski definition) is 3. The Labute approximate surface area is 93.7 Å². The SMILES string of the molecule is COc1ccc(CC(C)N)c2ccsc12. The molecule has 0 spiro atoms. The lowest BCUT2D eigenvalue weighted by atomic mass is 10.0. The molecule has 1 atom stereocenters. The van der Waals surface area contributed by atoms with E-state index in [0.717, 1.165) is 12.2 Å². The highest BCUT2D eigenvalue weighted by atomic mass is 32.1. The van der Waals surface area contributed by atoms with Gasteiger partial charge < -0.3 is 10.5 Å². The van der Waals surface area contributed by atoms with Crippen LogP contribution in [0, 0.1) is 0 Å². The molecular weight excluding hydrogens is 206 g/mol. The van der Waals surface area contributed by atoms with Gasteiger partial charge in [0.05, 0.1) is 11.8 Å². The van der Waals surface area contributed by atoms with Crippen molar-refractivity contribution < 1.29 is 4.74 Å². The van der Waals surface area contributed by atoms with Gasteiger partial charge in [-0.1, -0.05) is 6.07 Å². The van der Waals surface area contributed by atoms with Gasteiger partial charge in [0.25, 0.3) is 0 Å². The first-order valence-corrected chi connectivity index (χ1v) is 5.89. The average Bonchev–Trinajstić information content (AvgIpc) is 2.66. The van der Waals surface area contributed by atoms with Crippen molar-refractivity contribution in [3.63, 3.8) is 0 Å². The van der Waals surface area contributed by atoms with Crippen LogP contribution in [0.2, 0.25) is 0 Å². The summed E-state index contributed by atoms with van der Waals surface area (Å²) in [7, 11) is 1.71. The van der Waals surface area contributed by atoms with E-state index in [1.165, 1.54) is 15.6 Å². The van der Waals surface area contributed by atoms with Crippen molar-refractivity contribution in [1.29, 1.82) is 0 Å². The Bertz CT molecular complexity index is 462. The van der Waals surface area contributed by atoms with E-state index < -0.39 is 0 Å². The molecule has 0 saturated carbocycles. The molecule has 2 N–H and O–H groups in total. The molecule has 0 saturated heterocycles. The number of thiophene rings is 1. The monoisotopic (exact) mass is 221 g/mol. The highest BCUT2D eigenvalue weighted by Crippen LogP contribution is 2.33. The lowest BCUT2D eigenvalue weighted by molar-refractivity contribution is 0.420. The first-order valence-electron chi connectivity index (χ1n) is 5.01. The van der Waals surface area contributed by atoms with E-state index in [1.807, 2.05) is 13.0 Å². The van der Waals surface area contributed by atoms with Gasteiger partial charge >= 0.3 is 0 Å². The van der Waals surface area contributed by atoms with E-state index in [4.69, 9.17) is 10.5 Å². The van der Waals surface area contributed by atoms with Crippen LogP contribution in [-0.4, -0.2) is 13.2 Å². The maximum Gasteiger partial charge on any atom is 0.136 e. The topological polar surface area (TPSA) is 35.2 Å². The van der Waals surface area contributed by atoms with Crippen LogP contribution in [0.3, 0.4) is 0 Å². The molecule has 1 heterocycles. The third kappa shape index (κ3) is 1.98. The van der Waals surface area contributed by atoms with E-state index >= 15 is 0 Å². The number of benzene rings is 1. The summed E-state index contributed by atoms with van der Waals surface area (Å²) >= 11 is 1.71. The molecule has 3 heteroatoms. The molecule has 2 aromatic rings. The van der Waals surface area contributed by atoms with Gasteiger partial charge in [0.1, 0.15) is 5.75 Å². The molecule has 2 rings (SSSR count). The smallest absolute Gasteiger partial charge is 0.136 e. The van der Waals surface area contributed by atoms with Gasteiger partial charge in [0.2, 0.25) is 0 Å². The van der Waals surface area contributed by atoms with Crippen LogP contribution in [-0.2, 0) is 6.42 Å². The maximum atomic E-state index is 5.83. The molecule has 1 aromatic carbocycles. The van der Waals surface area contributed by atoms with Crippen molar-refractivity contribution in [3.8, 4) is 5.75 Å². The van der Waals surface area contributed by atoms with Gasteiger partial charge in [-0.25, -0.2) is 0 Å². The van der Waals surface area contributed by atoms with Crippen molar-refractivity contribution in [1.82, 2.24) is 0 Å². The van der Waals surface area contributed by atoms with Crippen LogP contribution < -0.4 is 10.5 Å². The number of nitrogens with two attached hydrogens (primary N) is 1. The summed E-state index contributed by atoms with van der Waals surface area (Å²) in [4.78, 5) is 0. The first kappa shape index (κ1) is 10.5. The Morgan fingerprint density at radius 3 is 2.87 bits per heavy atom. The molecule has 1 aromatic heterocycles. The van der Waals surface area contributed by atoms with E-state index in [0.29, 0.717) is 0 Å². The summed E-state index contributed by atoms with van der Waals surface area (Å²) in [5.41, 5.74) is 7.13. The quantitative estimate of drug-likeness (QED) is 0.865. The third-order valence-corrected chi connectivity index (χ3v) is 3.36. The van der Waals surface area contributed by atoms with Crippen LogP contribution in [0.5, 0.6) is 5.75 Å². The lowest BCUT2D eigenvalue weighted by Crippen LogP contribution is -2.17. The normalized spacial score (nSPS) is 13.0. The van der Waals surface area contributed by atoms with E-state index in [2.05, 4.69) is 17.5 Å². The predicted octanol–water partition coefficient (Wildman–Crippen LogP) is 2.80. The molecule has 2 nitrogen and oxygen atoms in total. The zero-order chi connectivity index (χ0) is 10.8. The molecule has 0 aliphatic rings. The molecule has 0 aliphatic carbocycles. The zero-order valence-electron chi connectivity index (χ0n) is 8.99. The number of hydrogen-bond donors (Lipinski definition) is 1. The molecule has 15 heavy (non-hydrogen) atoms. The van der Waals surface area contributed by atoms with Crippen LogP contribution in [0.4, 0.5) is 0 Å². The summed E-state index contributed by atoms with van der Waals surface area (Å²) in [5, 5.41) is 3.37. The lowest BCUT2D eigenvalue weighted by Gasteiger charge is -2.09. The number of fused-ring (bicyclic) bond motifs is 1. The second-order valence-corrected chi connectivity index (χ2v) is 4.69. The Morgan fingerprint density at radius 2 is 2.20 bits per heavy atom. The Kier molecular flexibility index (Phi) is 2.93. The molecule has 0 radical (unpaired) electrons. The molecular formula is C12H15NOS. The van der Waals surface area contributed by atoms with Crippen molar-refractivity contribution in [2.45, 2.75) is 19.4 Å². The molecule has 0 bridgehead atoms. The first-order chi connectivity index (χ1) is 7.22. The second-order valence-electron chi connectivity index (χ2n) is 3.77. The fraction of sp³-hybridized carbons (Fsp3) is 0.333. The largest absolute Gasteiger partial charge is 0.495 e. The maximum absolute atomic E-state index is 5.83. The number of methoxy groups -OCH3 is 1. The van der Waals surface area contributed by atoms with Gasteiger partial charge in [-0.15, -0.1) is 11.3 Å². The minimum absolute atomic E-state index is 0.196. The minimum atomic E-state index is 0.196. The van der Waals surface area contributed by atoms with E-state index in [9.17, 15) is 0 Å². The average molecular weight is 221 g/mol. The fourth-order valence-corrected chi connectivity index (χ4v) is 2.71. The van der Waals surface area contributed by atoms with Crippen LogP contribution in [0.1, 0.15) is 12.5 Å². The molecule has 80 valence electrons. The van der Waals surface area contributed by atoms with Crippen LogP contribution in [0.25, 0.3) is 10.1 Å². The Hall–Kier alpha value is -1.06. The predicted molar refractivity (Wildman–Crippen MR) is 65.7 cm³/mol. The molecule has 1 unspecified atom stereocenters. The summed E-state index contributed by atoms with van der Waals surface area (Å²) in [6.07, 6.45) is 0.914. The standard InChI is InChI=1S/C12H15NOS/c1-8(13)7-9-3-4-11(14-2)12-10(9)5-6-15-12/h3-6,8H,7,13H2,1-2H3.